The third-order valence-electron chi connectivity index (χ3n) is 2.56. The predicted octanol–water partition coefficient (Wildman–Crippen LogP) is -0.410. The van der Waals surface area contributed by atoms with Crippen molar-refractivity contribution in [3.63, 3.8) is 0 Å². The minimum Gasteiger partial charge on any atom is -0.480 e. The number of carbonyl (C=O) groups excluding carboxylic acids is 1. The first kappa shape index (κ1) is 13.9. The molecular formula is C11H20N2O4. The van der Waals surface area contributed by atoms with Crippen LogP contribution >= 0.6 is 0 Å². The number of carboxylic acids is 1. The van der Waals surface area contributed by atoms with E-state index in [-0.39, 0.29) is 11.8 Å². The van der Waals surface area contributed by atoms with Gasteiger partial charge in [-0.05, 0) is 12.3 Å². The van der Waals surface area contributed by atoms with Gasteiger partial charge in [0.1, 0.15) is 12.1 Å². The van der Waals surface area contributed by atoms with Crippen molar-refractivity contribution >= 4 is 11.9 Å². The van der Waals surface area contributed by atoms with Gasteiger partial charge in [0, 0.05) is 6.54 Å². The molecule has 1 aliphatic heterocycles. The zero-order valence-corrected chi connectivity index (χ0v) is 10.2. The first-order valence-electron chi connectivity index (χ1n) is 5.85. The summed E-state index contributed by atoms with van der Waals surface area (Å²) in [7, 11) is 0. The number of ether oxygens (including phenoxy) is 1. The van der Waals surface area contributed by atoms with E-state index in [1.165, 1.54) is 0 Å². The zero-order chi connectivity index (χ0) is 12.8. The van der Waals surface area contributed by atoms with Crippen LogP contribution in [0.2, 0.25) is 0 Å². The fraction of sp³-hybridized carbons (Fsp3) is 0.818. The molecule has 1 saturated heterocycles. The minimum atomic E-state index is -0.997. The number of rotatable bonds is 5. The molecule has 3 N–H and O–H groups in total. The Balaban J connectivity index is 2.47. The molecule has 1 fully saturated rings. The molecule has 0 bridgehead atoms. The third-order valence-corrected chi connectivity index (χ3v) is 2.56. The van der Waals surface area contributed by atoms with Crippen molar-refractivity contribution < 1.29 is 19.4 Å². The van der Waals surface area contributed by atoms with Gasteiger partial charge in [-0.3, -0.25) is 4.79 Å². The van der Waals surface area contributed by atoms with Gasteiger partial charge in [-0.25, -0.2) is 4.79 Å². The second-order valence-electron chi connectivity index (χ2n) is 4.61. The summed E-state index contributed by atoms with van der Waals surface area (Å²) in [4.78, 5) is 22.8. The van der Waals surface area contributed by atoms with Gasteiger partial charge in [0.25, 0.3) is 0 Å². The number of nitrogens with one attached hydrogen (secondary N) is 2. The molecule has 6 heteroatoms. The van der Waals surface area contributed by atoms with E-state index < -0.39 is 18.1 Å². The lowest BCUT2D eigenvalue weighted by atomic mass is 10.0. The SMILES string of the molecule is CC(C)C[C@@H](NC(=O)C1COCCN1)C(=O)O. The summed E-state index contributed by atoms with van der Waals surface area (Å²) in [5, 5.41) is 14.5. The van der Waals surface area contributed by atoms with Crippen LogP contribution in [0.5, 0.6) is 0 Å². The molecule has 0 saturated carbocycles. The lowest BCUT2D eigenvalue weighted by Crippen LogP contribution is -2.54. The number of aliphatic carboxylic acids is 1. The average molecular weight is 244 g/mol. The highest BCUT2D eigenvalue weighted by molar-refractivity contribution is 5.87. The molecule has 0 aromatic heterocycles. The maximum absolute atomic E-state index is 11.8. The molecule has 6 nitrogen and oxygen atoms in total. The van der Waals surface area contributed by atoms with Crippen molar-refractivity contribution in [2.45, 2.75) is 32.4 Å². The standard InChI is InChI=1S/C11H20N2O4/c1-7(2)5-8(11(15)16)13-10(14)9-6-17-4-3-12-9/h7-9,12H,3-6H2,1-2H3,(H,13,14)(H,15,16)/t8-,9?/m1/s1. The molecule has 0 spiro atoms. The van der Waals surface area contributed by atoms with E-state index >= 15 is 0 Å². The van der Waals surface area contributed by atoms with E-state index in [0.29, 0.717) is 26.2 Å². The van der Waals surface area contributed by atoms with Crippen LogP contribution in [0.1, 0.15) is 20.3 Å². The van der Waals surface area contributed by atoms with Gasteiger partial charge < -0.3 is 20.5 Å². The fourth-order valence-corrected chi connectivity index (χ4v) is 1.70. The Morgan fingerprint density at radius 3 is 2.71 bits per heavy atom. The Morgan fingerprint density at radius 2 is 2.24 bits per heavy atom. The number of morpholine rings is 1. The Labute approximate surface area is 101 Å². The fourth-order valence-electron chi connectivity index (χ4n) is 1.70. The summed E-state index contributed by atoms with van der Waals surface area (Å²) in [5.74, 6) is -1.09. The van der Waals surface area contributed by atoms with Crippen LogP contribution in [0.4, 0.5) is 0 Å². The van der Waals surface area contributed by atoms with Crippen molar-refractivity contribution in [1.29, 1.82) is 0 Å². The van der Waals surface area contributed by atoms with Crippen molar-refractivity contribution in [3.8, 4) is 0 Å². The molecule has 1 heterocycles. The van der Waals surface area contributed by atoms with E-state index in [0.717, 1.165) is 0 Å². The van der Waals surface area contributed by atoms with Crippen molar-refractivity contribution in [1.82, 2.24) is 10.6 Å². The summed E-state index contributed by atoms with van der Waals surface area (Å²) in [6, 6.07) is -1.27. The van der Waals surface area contributed by atoms with Crippen LogP contribution in [0.3, 0.4) is 0 Å². The second-order valence-corrected chi connectivity index (χ2v) is 4.61. The highest BCUT2D eigenvalue weighted by Crippen LogP contribution is 2.05. The van der Waals surface area contributed by atoms with Crippen molar-refractivity contribution in [3.05, 3.63) is 0 Å². The summed E-state index contributed by atoms with van der Waals surface area (Å²) < 4.78 is 5.16. The molecule has 1 aliphatic rings. The van der Waals surface area contributed by atoms with Crippen LogP contribution < -0.4 is 10.6 Å². The van der Waals surface area contributed by atoms with Crippen LogP contribution in [-0.2, 0) is 14.3 Å². The van der Waals surface area contributed by atoms with Crippen LogP contribution in [0.15, 0.2) is 0 Å². The van der Waals surface area contributed by atoms with Gasteiger partial charge in [0.15, 0.2) is 0 Å². The average Bonchev–Trinajstić information content (AvgIpc) is 2.28. The highest BCUT2D eigenvalue weighted by Gasteiger charge is 2.26. The van der Waals surface area contributed by atoms with E-state index in [9.17, 15) is 9.59 Å². The Kier molecular flexibility index (Phi) is 5.37. The maximum atomic E-state index is 11.8. The van der Waals surface area contributed by atoms with Crippen LogP contribution in [0.25, 0.3) is 0 Å². The number of hydrogen-bond acceptors (Lipinski definition) is 4. The summed E-state index contributed by atoms with van der Waals surface area (Å²) in [6.45, 7) is 5.33. The second kappa shape index (κ2) is 6.56. The molecule has 1 unspecified atom stereocenters. The Morgan fingerprint density at radius 1 is 1.53 bits per heavy atom. The lowest BCUT2D eigenvalue weighted by molar-refractivity contribution is -0.143. The van der Waals surface area contributed by atoms with E-state index in [2.05, 4.69) is 10.6 Å². The smallest absolute Gasteiger partial charge is 0.326 e. The molecule has 1 amide bonds. The van der Waals surface area contributed by atoms with Gasteiger partial charge in [-0.2, -0.15) is 0 Å². The molecular weight excluding hydrogens is 224 g/mol. The number of amides is 1. The van der Waals surface area contributed by atoms with Gasteiger partial charge in [0.2, 0.25) is 5.91 Å². The lowest BCUT2D eigenvalue weighted by Gasteiger charge is -2.25. The number of hydrogen-bond donors (Lipinski definition) is 3. The van der Waals surface area contributed by atoms with Crippen molar-refractivity contribution in [2.24, 2.45) is 5.92 Å². The summed E-state index contributed by atoms with van der Waals surface area (Å²) in [6.07, 6.45) is 0.425. The Hall–Kier alpha value is -1.14. The largest absolute Gasteiger partial charge is 0.480 e. The van der Waals surface area contributed by atoms with Gasteiger partial charge in [-0.1, -0.05) is 13.8 Å². The monoisotopic (exact) mass is 244 g/mol. The van der Waals surface area contributed by atoms with Crippen LogP contribution in [0, 0.1) is 5.92 Å². The number of carbonyl (C=O) groups is 2. The number of carboxylic acid groups (broad SMARTS) is 1. The third kappa shape index (κ3) is 4.70. The molecule has 0 aromatic rings. The molecule has 1 rings (SSSR count). The highest BCUT2D eigenvalue weighted by atomic mass is 16.5. The molecule has 2 atom stereocenters. The van der Waals surface area contributed by atoms with Crippen LogP contribution in [-0.4, -0.2) is 48.8 Å². The zero-order valence-electron chi connectivity index (χ0n) is 10.2. The van der Waals surface area contributed by atoms with Gasteiger partial charge in [0.05, 0.1) is 13.2 Å². The quantitative estimate of drug-likeness (QED) is 0.612. The molecule has 98 valence electrons. The maximum Gasteiger partial charge on any atom is 0.326 e. The molecule has 17 heavy (non-hydrogen) atoms. The van der Waals surface area contributed by atoms with Gasteiger partial charge >= 0.3 is 5.97 Å². The van der Waals surface area contributed by atoms with E-state index in [4.69, 9.17) is 9.84 Å². The topological polar surface area (TPSA) is 87.7 Å². The first-order chi connectivity index (χ1) is 8.00. The molecule has 0 aliphatic carbocycles. The predicted molar refractivity (Wildman–Crippen MR) is 61.6 cm³/mol. The minimum absolute atomic E-state index is 0.215. The van der Waals surface area contributed by atoms with Gasteiger partial charge in [-0.15, -0.1) is 0 Å². The summed E-state index contributed by atoms with van der Waals surface area (Å²) in [5.41, 5.74) is 0. The first-order valence-corrected chi connectivity index (χ1v) is 5.85. The van der Waals surface area contributed by atoms with E-state index in [1.807, 2.05) is 13.8 Å². The van der Waals surface area contributed by atoms with Crippen molar-refractivity contribution in [2.75, 3.05) is 19.8 Å². The molecule has 0 aromatic carbocycles. The molecule has 0 radical (unpaired) electrons. The normalized spacial score (nSPS) is 22.2. The Bertz CT molecular complexity index is 275. The van der Waals surface area contributed by atoms with E-state index in [1.54, 1.807) is 0 Å². The summed E-state index contributed by atoms with van der Waals surface area (Å²) >= 11 is 0.